The normalized spacial score (nSPS) is 26.6. The lowest BCUT2D eigenvalue weighted by Gasteiger charge is -2.35. The van der Waals surface area contributed by atoms with Crippen molar-refractivity contribution in [1.29, 1.82) is 0 Å². The van der Waals surface area contributed by atoms with Crippen LogP contribution in [0.2, 0.25) is 0 Å². The van der Waals surface area contributed by atoms with Gasteiger partial charge in [-0.2, -0.15) is 0 Å². The Labute approximate surface area is 162 Å². The second-order valence-electron chi connectivity index (χ2n) is 8.42. The van der Waals surface area contributed by atoms with E-state index in [1.54, 1.807) is 11.8 Å². The van der Waals surface area contributed by atoms with E-state index in [4.69, 9.17) is 4.74 Å². The zero-order valence-electron chi connectivity index (χ0n) is 16.2. The van der Waals surface area contributed by atoms with Crippen LogP contribution in [0.3, 0.4) is 0 Å². The first kappa shape index (κ1) is 18.8. The highest BCUT2D eigenvalue weighted by Gasteiger charge is 2.27. The van der Waals surface area contributed by atoms with Gasteiger partial charge in [0, 0.05) is 31.9 Å². The van der Waals surface area contributed by atoms with Crippen molar-refractivity contribution < 1.29 is 4.74 Å². The molecule has 6 heteroatoms. The maximum Gasteiger partial charge on any atom is 0.191 e. The molecule has 1 atom stereocenters. The van der Waals surface area contributed by atoms with Crippen LogP contribution in [0.4, 0.5) is 0 Å². The molecular formula is C20H34N4OS. The predicted octanol–water partition coefficient (Wildman–Crippen LogP) is 3.85. The third kappa shape index (κ3) is 4.63. The highest BCUT2D eigenvalue weighted by atomic mass is 32.2. The van der Waals surface area contributed by atoms with Crippen LogP contribution in [-0.4, -0.2) is 57.8 Å². The summed E-state index contributed by atoms with van der Waals surface area (Å²) in [6.45, 7) is 4.71. The third-order valence-electron chi connectivity index (χ3n) is 6.48. The Morgan fingerprint density at radius 3 is 2.54 bits per heavy atom. The number of aromatic nitrogens is 3. The summed E-state index contributed by atoms with van der Waals surface area (Å²) in [5.41, 5.74) is 0. The first-order valence-corrected chi connectivity index (χ1v) is 11.6. The Kier molecular flexibility index (Phi) is 6.54. The van der Waals surface area contributed by atoms with Crippen molar-refractivity contribution in [3.63, 3.8) is 0 Å². The SMILES string of the molecule is Cn1c(SCC2CCCO2)nnc1C1CCN(CC2CCCCC2)CC1. The molecule has 1 aromatic rings. The second-order valence-corrected chi connectivity index (χ2v) is 9.41. The summed E-state index contributed by atoms with van der Waals surface area (Å²) in [6.07, 6.45) is 12.5. The van der Waals surface area contributed by atoms with Crippen molar-refractivity contribution in [2.24, 2.45) is 13.0 Å². The highest BCUT2D eigenvalue weighted by Crippen LogP contribution is 2.31. The Morgan fingerprint density at radius 1 is 1.00 bits per heavy atom. The van der Waals surface area contributed by atoms with E-state index in [-0.39, 0.29) is 0 Å². The molecule has 0 bridgehead atoms. The molecule has 1 saturated carbocycles. The first-order chi connectivity index (χ1) is 12.8. The zero-order chi connectivity index (χ0) is 17.8. The van der Waals surface area contributed by atoms with E-state index >= 15 is 0 Å². The number of hydrogen-bond donors (Lipinski definition) is 0. The minimum atomic E-state index is 0.406. The molecular weight excluding hydrogens is 344 g/mol. The lowest BCUT2D eigenvalue weighted by Crippen LogP contribution is -2.37. The van der Waals surface area contributed by atoms with Gasteiger partial charge in [-0.15, -0.1) is 10.2 Å². The lowest BCUT2D eigenvalue weighted by molar-refractivity contribution is 0.129. The van der Waals surface area contributed by atoms with E-state index in [1.807, 2.05) is 0 Å². The van der Waals surface area contributed by atoms with Gasteiger partial charge in [0.1, 0.15) is 5.82 Å². The molecule has 1 aromatic heterocycles. The van der Waals surface area contributed by atoms with E-state index in [2.05, 4.69) is 26.7 Å². The number of likely N-dealkylation sites (tertiary alicyclic amines) is 1. The highest BCUT2D eigenvalue weighted by molar-refractivity contribution is 7.99. The van der Waals surface area contributed by atoms with Crippen LogP contribution in [0.5, 0.6) is 0 Å². The van der Waals surface area contributed by atoms with Gasteiger partial charge in [-0.1, -0.05) is 31.0 Å². The molecule has 3 aliphatic rings. The number of thioether (sulfide) groups is 1. The zero-order valence-corrected chi connectivity index (χ0v) is 17.1. The second kappa shape index (κ2) is 9.07. The van der Waals surface area contributed by atoms with Gasteiger partial charge in [-0.3, -0.25) is 0 Å². The van der Waals surface area contributed by atoms with E-state index in [9.17, 15) is 0 Å². The smallest absolute Gasteiger partial charge is 0.191 e. The van der Waals surface area contributed by atoms with Crippen LogP contribution in [0, 0.1) is 5.92 Å². The average molecular weight is 379 g/mol. The van der Waals surface area contributed by atoms with Gasteiger partial charge in [-0.25, -0.2) is 0 Å². The maximum atomic E-state index is 5.73. The minimum absolute atomic E-state index is 0.406. The lowest BCUT2D eigenvalue weighted by atomic mass is 9.88. The van der Waals surface area contributed by atoms with Gasteiger partial charge in [0.25, 0.3) is 0 Å². The Bertz CT molecular complexity index is 558. The molecule has 0 aromatic carbocycles. The molecule has 4 rings (SSSR count). The summed E-state index contributed by atoms with van der Waals surface area (Å²) < 4.78 is 7.97. The molecule has 2 saturated heterocycles. The fourth-order valence-electron chi connectivity index (χ4n) is 4.86. The average Bonchev–Trinajstić information content (AvgIpc) is 3.31. The number of rotatable bonds is 6. The van der Waals surface area contributed by atoms with E-state index in [1.165, 1.54) is 83.2 Å². The van der Waals surface area contributed by atoms with Crippen molar-refractivity contribution in [3.8, 4) is 0 Å². The molecule has 0 amide bonds. The van der Waals surface area contributed by atoms with Crippen molar-refractivity contribution in [1.82, 2.24) is 19.7 Å². The molecule has 3 fully saturated rings. The topological polar surface area (TPSA) is 43.2 Å². The molecule has 1 unspecified atom stereocenters. The van der Waals surface area contributed by atoms with E-state index < -0.39 is 0 Å². The number of hydrogen-bond acceptors (Lipinski definition) is 5. The molecule has 26 heavy (non-hydrogen) atoms. The van der Waals surface area contributed by atoms with E-state index in [0.717, 1.165) is 23.4 Å². The number of ether oxygens (including phenoxy) is 1. The molecule has 1 aliphatic carbocycles. The van der Waals surface area contributed by atoms with E-state index in [0.29, 0.717) is 12.0 Å². The number of nitrogens with zero attached hydrogens (tertiary/aromatic N) is 4. The molecule has 3 heterocycles. The van der Waals surface area contributed by atoms with Crippen LogP contribution >= 0.6 is 11.8 Å². The molecule has 5 nitrogen and oxygen atoms in total. The van der Waals surface area contributed by atoms with Crippen LogP contribution in [0.1, 0.15) is 69.5 Å². The minimum Gasteiger partial charge on any atom is -0.377 e. The van der Waals surface area contributed by atoms with Crippen molar-refractivity contribution in [2.75, 3.05) is 32.0 Å². The Balaban J connectivity index is 1.26. The van der Waals surface area contributed by atoms with Gasteiger partial charge < -0.3 is 14.2 Å². The molecule has 146 valence electrons. The van der Waals surface area contributed by atoms with Gasteiger partial charge in [0.05, 0.1) is 6.10 Å². The molecule has 0 radical (unpaired) electrons. The van der Waals surface area contributed by atoms with Crippen molar-refractivity contribution >= 4 is 11.8 Å². The van der Waals surface area contributed by atoms with Crippen molar-refractivity contribution in [3.05, 3.63) is 5.82 Å². The fourth-order valence-corrected chi connectivity index (χ4v) is 5.84. The van der Waals surface area contributed by atoms with Gasteiger partial charge in [0.2, 0.25) is 0 Å². The van der Waals surface area contributed by atoms with Gasteiger partial charge in [-0.05, 0) is 57.5 Å². The Morgan fingerprint density at radius 2 is 1.81 bits per heavy atom. The fraction of sp³-hybridized carbons (Fsp3) is 0.900. The van der Waals surface area contributed by atoms with Crippen LogP contribution in [0.15, 0.2) is 5.16 Å². The predicted molar refractivity (Wildman–Crippen MR) is 106 cm³/mol. The summed E-state index contributed by atoms with van der Waals surface area (Å²) in [7, 11) is 2.14. The summed E-state index contributed by atoms with van der Waals surface area (Å²) in [4.78, 5) is 2.70. The van der Waals surface area contributed by atoms with Crippen molar-refractivity contribution in [2.45, 2.75) is 75.0 Å². The monoisotopic (exact) mass is 378 g/mol. The Hall–Kier alpha value is -0.590. The van der Waals surface area contributed by atoms with Gasteiger partial charge >= 0.3 is 0 Å². The molecule has 2 aliphatic heterocycles. The van der Waals surface area contributed by atoms with Gasteiger partial charge in [0.15, 0.2) is 5.16 Å². The van der Waals surface area contributed by atoms with Crippen LogP contribution in [0.25, 0.3) is 0 Å². The maximum absolute atomic E-state index is 5.73. The summed E-state index contributed by atoms with van der Waals surface area (Å²) >= 11 is 1.81. The molecule has 0 spiro atoms. The van der Waals surface area contributed by atoms with Crippen LogP contribution < -0.4 is 0 Å². The number of piperidine rings is 1. The van der Waals surface area contributed by atoms with Crippen LogP contribution in [-0.2, 0) is 11.8 Å². The molecule has 0 N–H and O–H groups in total. The largest absolute Gasteiger partial charge is 0.377 e. The third-order valence-corrected chi connectivity index (χ3v) is 7.64. The quantitative estimate of drug-likeness (QED) is 0.704. The summed E-state index contributed by atoms with van der Waals surface area (Å²) in [5.74, 6) is 3.73. The summed E-state index contributed by atoms with van der Waals surface area (Å²) in [6, 6.07) is 0. The first-order valence-electron chi connectivity index (χ1n) is 10.7. The standard InChI is InChI=1S/C20H34N4OS/c1-23-19(21-22-20(23)26-15-18-8-5-13-25-18)17-9-11-24(12-10-17)14-16-6-3-2-4-7-16/h16-18H,2-15H2,1H3. The summed E-state index contributed by atoms with van der Waals surface area (Å²) in [5, 5.41) is 10.1.